The van der Waals surface area contributed by atoms with Gasteiger partial charge < -0.3 is 204 Å². The molecule has 4 aromatic rings. The van der Waals surface area contributed by atoms with Crippen LogP contribution >= 0.6 is 11.8 Å². The van der Waals surface area contributed by atoms with Crippen LogP contribution in [-0.2, 0) is 24.2 Å². The number of hydrogen-bond donors (Lipinski definition) is 27. The van der Waals surface area contributed by atoms with E-state index in [4.69, 9.17) is 102 Å². The smallest absolute Gasteiger partial charge is 0.0593 e. The third kappa shape index (κ3) is 111. The second-order valence-electron chi connectivity index (χ2n) is 39.1. The lowest BCUT2D eigenvalue weighted by Gasteiger charge is -2.29. The number of aromatic nitrogens is 4. The Balaban J connectivity index is -0.000000376. The minimum absolute atomic E-state index is 0.108. The normalized spacial score (nSPS) is 11.5. The van der Waals surface area contributed by atoms with Crippen molar-refractivity contribution in [2.24, 2.45) is 127 Å². The number of likely N-dealkylation sites (N-methyl/N-ethyl adjacent to an activating group) is 10. The molecule has 0 aromatic carbocycles. The molecule has 0 aliphatic rings. The van der Waals surface area contributed by atoms with E-state index >= 15 is 0 Å². The molecule has 870 valence electrons. The van der Waals surface area contributed by atoms with Crippen LogP contribution in [0.25, 0.3) is 0 Å². The first-order valence-corrected chi connectivity index (χ1v) is 54.8. The van der Waals surface area contributed by atoms with E-state index < -0.39 is 0 Å². The van der Waals surface area contributed by atoms with Crippen LogP contribution in [0.4, 0.5) is 0 Å². The van der Waals surface area contributed by atoms with Crippen molar-refractivity contribution in [3.63, 3.8) is 0 Å². The second kappa shape index (κ2) is 115. The first-order valence-electron chi connectivity index (χ1n) is 53.7. The molecule has 0 unspecified atom stereocenters. The number of nitrogens with one attached hydrogen (secondary N) is 10. The number of nitrogens with zero attached hydrogens (tertiary/aromatic N) is 15. The Hall–Kier alpha value is -4.61. The van der Waals surface area contributed by atoms with Crippen LogP contribution in [0.3, 0.4) is 0 Å². The summed E-state index contributed by atoms with van der Waals surface area (Å²) in [6, 6.07) is 23.9. The summed E-state index contributed by atoms with van der Waals surface area (Å²) >= 11 is 2.02. The fraction of sp³-hybridized carbons (Fsp3) is 0.806. The summed E-state index contributed by atoms with van der Waals surface area (Å²) in [5.41, 5.74) is 99.2. The highest BCUT2D eigenvalue weighted by Gasteiger charge is 2.25. The lowest BCUT2D eigenvalue weighted by atomic mass is 9.88. The second-order valence-corrected chi connectivity index (χ2v) is 40.3. The van der Waals surface area contributed by atoms with Gasteiger partial charge in [0.25, 0.3) is 0 Å². The van der Waals surface area contributed by atoms with Gasteiger partial charge in [-0.1, -0.05) is 24.3 Å². The molecule has 147 heavy (non-hydrogen) atoms. The maximum Gasteiger partial charge on any atom is 0.0593 e. The Labute approximate surface area is 902 Å². The highest BCUT2D eigenvalue weighted by molar-refractivity contribution is 7.99. The number of hydrogen-bond acceptors (Lipinski definition) is 44. The maximum absolute atomic E-state index is 5.64. The average molecular weight is 2110 g/mol. The largest absolute Gasteiger partial charge is 0.379 e. The summed E-state index contributed by atoms with van der Waals surface area (Å²) in [7, 11) is 40.0. The van der Waals surface area contributed by atoms with E-state index in [-0.39, 0.29) is 17.3 Å². The Morgan fingerprint density at radius 1 is 0.286 bits per heavy atom. The van der Waals surface area contributed by atoms with Crippen molar-refractivity contribution in [2.45, 2.75) is 37.8 Å². The van der Waals surface area contributed by atoms with Crippen LogP contribution in [0, 0.1) is 29.1 Å². The first kappa shape index (κ1) is 153. The van der Waals surface area contributed by atoms with Gasteiger partial charge in [0.2, 0.25) is 0 Å². The average Bonchev–Trinajstić information content (AvgIpc) is 0.856. The van der Waals surface area contributed by atoms with Gasteiger partial charge in [0.1, 0.15) is 0 Å². The van der Waals surface area contributed by atoms with E-state index in [0.717, 1.165) is 265 Å². The van der Waals surface area contributed by atoms with Crippen molar-refractivity contribution in [3.05, 3.63) is 120 Å². The summed E-state index contributed by atoms with van der Waals surface area (Å²) in [5, 5.41) is 33.4. The molecule has 0 radical (unpaired) electrons. The fourth-order valence-electron chi connectivity index (χ4n) is 12.1. The molecule has 0 fully saturated rings. The molecule has 44 N–H and O–H groups in total. The molecular formula is C103H236N42OS. The zero-order chi connectivity index (χ0) is 111. The zero-order valence-corrected chi connectivity index (χ0v) is 97.6. The lowest BCUT2D eigenvalue weighted by Crippen LogP contribution is -2.51. The summed E-state index contributed by atoms with van der Waals surface area (Å²) in [5.74, 6) is 4.22. The van der Waals surface area contributed by atoms with Gasteiger partial charge in [-0.2, -0.15) is 11.8 Å². The van der Waals surface area contributed by atoms with Crippen molar-refractivity contribution >= 4 is 11.8 Å². The molecular weight excluding hydrogens is 1870 g/mol. The maximum atomic E-state index is 5.64. The number of ether oxygens (including phenoxy) is 1. The third-order valence-corrected chi connectivity index (χ3v) is 23.7. The van der Waals surface area contributed by atoms with Gasteiger partial charge in [0.15, 0.2) is 0 Å². The molecule has 0 atom stereocenters. The molecule has 4 aromatic heterocycles. The van der Waals surface area contributed by atoms with Crippen molar-refractivity contribution in [3.8, 4) is 0 Å². The summed E-state index contributed by atoms with van der Waals surface area (Å²) in [6.45, 7) is 46.0. The molecule has 0 aliphatic heterocycles. The van der Waals surface area contributed by atoms with Crippen LogP contribution < -0.4 is 151 Å². The van der Waals surface area contributed by atoms with E-state index in [1.54, 1.807) is 6.20 Å². The highest BCUT2D eigenvalue weighted by Crippen LogP contribution is 2.16. The minimum Gasteiger partial charge on any atom is -0.379 e. The summed E-state index contributed by atoms with van der Waals surface area (Å²) < 4.78 is 5.43. The standard InChI is InChI=1S/C14H26N4.C13H24N4.C11H21N5.C11H28N4.C10H18N4.C10H25N3O.C10H25N3S.3C8H23N5/c1-17(2)12-9-15-10-13-18(3)11-7-14-6-4-5-8-16-14;1-16(2)10-8-14-9-11-17(3)12-13-6-4-5-7-15-13;12-4-8(5-13)10-2-1-3-11(16-10)9(6-14)7-15;1-13(2)8-6-12-7-9-15(5)11-10-14(3)4;11-5-9(6-12)7-13-8-10-3-1-2-4-14-10;2*1-12(2)7-5-11-6-9-14-10-8-13(3)4;9-1-7(2-10)5-13-6-8(3-11)4-12;9-1-3-12-6-8(5-11)7-13-4-2-10;9-2-1-3-13-7-8(4-10,5-11)6-12/h4-6,8,15H,7,9-13H2,1-3H3;4-7,14H,8-12H2,1-3H3;1-3,8-9H,4-7,12-15H2;12H,6-11H2,1-5H3;1-4,9,13H,5-8,11-12H2;2*11H,5-10H2,1-4H3;7-8,13H,1-6,9-12H2;8,12-13H,1-7,9-11H2;13H,1-7,9-12H2. The van der Waals surface area contributed by atoms with E-state index in [0.29, 0.717) is 135 Å². The number of pyridine rings is 4. The van der Waals surface area contributed by atoms with Gasteiger partial charge in [-0.15, -0.1) is 0 Å². The van der Waals surface area contributed by atoms with Crippen LogP contribution in [0.15, 0.2) is 91.4 Å². The Bertz CT molecular complexity index is 3020. The van der Waals surface area contributed by atoms with Gasteiger partial charge in [0.05, 0.1) is 24.6 Å². The molecule has 0 amide bonds. The van der Waals surface area contributed by atoms with Crippen LogP contribution in [0.5, 0.6) is 0 Å². The monoisotopic (exact) mass is 2110 g/mol. The van der Waals surface area contributed by atoms with Crippen molar-refractivity contribution in [2.75, 3.05) is 479 Å². The molecule has 0 saturated heterocycles. The van der Waals surface area contributed by atoms with Crippen LogP contribution in [0.2, 0.25) is 0 Å². The summed E-state index contributed by atoms with van der Waals surface area (Å²) in [6.07, 6.45) is 7.49. The first-order chi connectivity index (χ1) is 70.6. The quantitative estimate of drug-likeness (QED) is 0.0183. The molecule has 43 nitrogen and oxygen atoms in total. The summed E-state index contributed by atoms with van der Waals surface area (Å²) in [4.78, 5) is 41.9. The molecule has 4 heterocycles. The van der Waals surface area contributed by atoms with E-state index in [1.165, 1.54) is 23.7 Å². The minimum atomic E-state index is -0.144. The molecule has 4 rings (SSSR count). The molecule has 0 aliphatic carbocycles. The van der Waals surface area contributed by atoms with Crippen LogP contribution in [0.1, 0.15) is 46.7 Å². The number of rotatable bonds is 81. The number of nitrogens with two attached hydrogens (primary N) is 17. The van der Waals surface area contributed by atoms with Gasteiger partial charge in [-0.05, 0) is 271 Å². The van der Waals surface area contributed by atoms with Crippen molar-refractivity contribution in [1.29, 1.82) is 0 Å². The Kier molecular flexibility index (Phi) is 120. The predicted molar refractivity (Wildman–Crippen MR) is 637 cm³/mol. The number of thioether (sulfide) groups is 1. The fourth-order valence-corrected chi connectivity index (χ4v) is 13.1. The van der Waals surface area contributed by atoms with E-state index in [9.17, 15) is 0 Å². The zero-order valence-electron chi connectivity index (χ0n) is 96.8. The van der Waals surface area contributed by atoms with Gasteiger partial charge in [-0.3, -0.25) is 24.8 Å². The van der Waals surface area contributed by atoms with Crippen molar-refractivity contribution in [1.82, 2.24) is 127 Å². The highest BCUT2D eigenvalue weighted by atomic mass is 32.2. The lowest BCUT2D eigenvalue weighted by molar-refractivity contribution is 0.119. The van der Waals surface area contributed by atoms with Gasteiger partial charge in [0, 0.05) is 346 Å². The predicted octanol–water partition coefficient (Wildman–Crippen LogP) is -6.97. The van der Waals surface area contributed by atoms with E-state index in [1.807, 2.05) is 84.8 Å². The SMILES string of the molecule is CN(C)CCNCCN(C)CCN(C)C.CN(C)CCNCCN(C)CCc1ccccn1.CN(C)CCNCCN(C)Cc1ccccn1.CN(C)CCNCCOCCN(C)C.CN(C)CCNCCSCCN(C)C.NCC(CN)CNCC(CN)CN.NCC(CN)CNCc1ccccn1.NCC(CN)c1cccc(C(CN)CN)n1.NCCCNCC(CN)(CN)CN.NCCNCC(CN)CNCCN. The van der Waals surface area contributed by atoms with Crippen LogP contribution in [-0.4, -0.2) is 553 Å². The Morgan fingerprint density at radius 3 is 1.01 bits per heavy atom. The van der Waals surface area contributed by atoms with E-state index in [2.05, 4.69) is 273 Å². The molecule has 0 bridgehead atoms. The van der Waals surface area contributed by atoms with Gasteiger partial charge >= 0.3 is 0 Å². The molecule has 0 spiro atoms. The Morgan fingerprint density at radius 2 is 0.646 bits per heavy atom. The molecule has 44 heteroatoms. The molecule has 0 saturated carbocycles. The van der Waals surface area contributed by atoms with Crippen molar-refractivity contribution < 1.29 is 4.74 Å². The topological polar surface area (TPSA) is 659 Å². The van der Waals surface area contributed by atoms with Gasteiger partial charge in [-0.25, -0.2) is 0 Å². The third-order valence-electron chi connectivity index (χ3n) is 22.8.